The van der Waals surface area contributed by atoms with E-state index in [1.54, 1.807) is 6.33 Å². The zero-order valence-electron chi connectivity index (χ0n) is 24.7. The lowest BCUT2D eigenvalue weighted by atomic mass is 9.86. The predicted octanol–water partition coefficient (Wildman–Crippen LogP) is 8.19. The predicted molar refractivity (Wildman–Crippen MR) is 167 cm³/mol. The number of nitrogens with one attached hydrogen (secondary N) is 2. The number of hydrogen-bond acceptors (Lipinski definition) is 4. The molecule has 2 aromatic heterocycles. The number of aromatic amines is 1. The van der Waals surface area contributed by atoms with Gasteiger partial charge >= 0.3 is 0 Å². The molecule has 0 saturated heterocycles. The molecule has 5 aromatic rings. The summed E-state index contributed by atoms with van der Waals surface area (Å²) in [5.74, 6) is -0.133. The molecule has 5 rings (SSSR count). The number of carbonyl (C=O) groups is 2. The summed E-state index contributed by atoms with van der Waals surface area (Å²) >= 11 is 0. The molecule has 3 aromatic carbocycles. The Labute approximate surface area is 241 Å². The summed E-state index contributed by atoms with van der Waals surface area (Å²) in [6.07, 6.45) is 1.58. The van der Waals surface area contributed by atoms with Gasteiger partial charge in [0.1, 0.15) is 12.0 Å². The largest absolute Gasteiger partial charge is 0.483 e. The van der Waals surface area contributed by atoms with Crippen LogP contribution in [-0.2, 0) is 10.2 Å². The Hall–Kier alpha value is -4.78. The Kier molecular flexibility index (Phi) is 10.1. The molecular formula is C34H38N4O3. The molecule has 0 atom stereocenters. The van der Waals surface area contributed by atoms with Gasteiger partial charge < -0.3 is 15.4 Å². The molecule has 212 valence electrons. The maximum Gasteiger partial charge on any atom is 0.290 e. The summed E-state index contributed by atoms with van der Waals surface area (Å²) < 4.78 is 0. The number of anilines is 1. The Bertz CT molecular complexity index is 1610. The van der Waals surface area contributed by atoms with E-state index in [-0.39, 0.29) is 17.8 Å². The number of nitrogens with zero attached hydrogens (tertiary/aromatic N) is 2. The normalized spacial score (nSPS) is 10.6. The van der Waals surface area contributed by atoms with Gasteiger partial charge in [0, 0.05) is 27.9 Å². The minimum absolute atomic E-state index is 0.0420. The highest BCUT2D eigenvalue weighted by Gasteiger charge is 2.17. The van der Waals surface area contributed by atoms with E-state index in [2.05, 4.69) is 78.3 Å². The number of benzene rings is 3. The third kappa shape index (κ3) is 7.25. The number of carboxylic acid groups (broad SMARTS) is 1. The number of fused-ring (bicyclic) bond motifs is 1. The first-order valence-electron chi connectivity index (χ1n) is 13.6. The molecule has 0 fully saturated rings. The van der Waals surface area contributed by atoms with Crippen LogP contribution in [0.2, 0.25) is 0 Å². The van der Waals surface area contributed by atoms with Crippen molar-refractivity contribution in [3.8, 4) is 22.5 Å². The minimum atomic E-state index is -0.250. The van der Waals surface area contributed by atoms with Crippen LogP contribution in [0, 0.1) is 13.8 Å². The Balaban J connectivity index is 0.000000868. The number of carbonyl (C=O) groups excluding carboxylic acids is 1. The van der Waals surface area contributed by atoms with Gasteiger partial charge in [-0.3, -0.25) is 9.59 Å². The fourth-order valence-electron chi connectivity index (χ4n) is 4.39. The number of H-pyrrole nitrogens is 1. The van der Waals surface area contributed by atoms with Crippen molar-refractivity contribution >= 4 is 29.1 Å². The van der Waals surface area contributed by atoms with Crippen LogP contribution >= 0.6 is 0 Å². The van der Waals surface area contributed by atoms with Crippen LogP contribution in [0.1, 0.15) is 61.7 Å². The highest BCUT2D eigenvalue weighted by Crippen LogP contribution is 2.34. The van der Waals surface area contributed by atoms with Gasteiger partial charge in [-0.2, -0.15) is 0 Å². The van der Waals surface area contributed by atoms with E-state index >= 15 is 0 Å². The first-order valence-corrected chi connectivity index (χ1v) is 13.6. The van der Waals surface area contributed by atoms with Crippen LogP contribution in [0.3, 0.4) is 0 Å². The zero-order valence-corrected chi connectivity index (χ0v) is 24.7. The van der Waals surface area contributed by atoms with Crippen molar-refractivity contribution in [2.45, 2.75) is 53.9 Å². The van der Waals surface area contributed by atoms with Gasteiger partial charge in [-0.25, -0.2) is 9.97 Å². The molecule has 0 unspecified atom stereocenters. The lowest BCUT2D eigenvalue weighted by molar-refractivity contribution is -0.122. The molecule has 0 aliphatic carbocycles. The summed E-state index contributed by atoms with van der Waals surface area (Å²) in [6.45, 7) is 14.3. The molecule has 0 spiro atoms. The number of amides is 1. The van der Waals surface area contributed by atoms with Gasteiger partial charge in [0.25, 0.3) is 12.4 Å². The molecule has 41 heavy (non-hydrogen) atoms. The van der Waals surface area contributed by atoms with Gasteiger partial charge in [-0.15, -0.1) is 0 Å². The van der Waals surface area contributed by atoms with E-state index in [1.807, 2.05) is 63.2 Å². The highest BCUT2D eigenvalue weighted by molar-refractivity contribution is 6.05. The molecule has 0 aliphatic rings. The Morgan fingerprint density at radius 1 is 0.927 bits per heavy atom. The lowest BCUT2D eigenvalue weighted by Gasteiger charge is -2.19. The first-order chi connectivity index (χ1) is 19.6. The second kappa shape index (κ2) is 13.5. The number of hydrogen-bond donors (Lipinski definition) is 3. The van der Waals surface area contributed by atoms with Gasteiger partial charge in [0.2, 0.25) is 0 Å². The topological polar surface area (TPSA) is 108 Å². The molecule has 7 nitrogen and oxygen atoms in total. The average molecular weight is 551 g/mol. The van der Waals surface area contributed by atoms with Crippen LogP contribution in [0.25, 0.3) is 33.5 Å². The van der Waals surface area contributed by atoms with Gasteiger partial charge in [0.05, 0.1) is 5.69 Å². The van der Waals surface area contributed by atoms with Crippen LogP contribution in [0.4, 0.5) is 5.69 Å². The third-order valence-electron chi connectivity index (χ3n) is 6.64. The van der Waals surface area contributed by atoms with Gasteiger partial charge in [-0.1, -0.05) is 88.7 Å². The van der Waals surface area contributed by atoms with Crippen LogP contribution < -0.4 is 5.32 Å². The molecule has 0 aliphatic heterocycles. The standard InChI is InChI=1S/C31H30N4O.C2H6.CH2O2/c1-19-9-11-21(12-10-19)27-17-25-28(32-18-33-29(25)34-27)24-7-6-8-26(20(24)2)35-30(36)22-13-15-23(16-14-22)31(3,4)5;1-2;2-1-3/h6-18H,1-5H3,(H,35,36)(H,32,33,34);1-2H3;1H,(H,2,3). The monoisotopic (exact) mass is 550 g/mol. The summed E-state index contributed by atoms with van der Waals surface area (Å²) in [5.41, 5.74) is 9.46. The van der Waals surface area contributed by atoms with Crippen LogP contribution in [0.5, 0.6) is 0 Å². The van der Waals surface area contributed by atoms with E-state index in [4.69, 9.17) is 9.90 Å². The maximum atomic E-state index is 13.0. The molecule has 3 N–H and O–H groups in total. The lowest BCUT2D eigenvalue weighted by Crippen LogP contribution is -2.15. The number of aryl methyl sites for hydroxylation is 1. The second-order valence-electron chi connectivity index (χ2n) is 10.4. The van der Waals surface area contributed by atoms with Gasteiger partial charge in [0.15, 0.2) is 0 Å². The molecule has 0 radical (unpaired) electrons. The van der Waals surface area contributed by atoms with E-state index in [0.717, 1.165) is 44.8 Å². The second-order valence-corrected chi connectivity index (χ2v) is 10.4. The van der Waals surface area contributed by atoms with Gasteiger partial charge in [-0.05, 0) is 60.2 Å². The van der Waals surface area contributed by atoms with E-state index in [1.165, 1.54) is 11.1 Å². The number of aromatic nitrogens is 3. The quantitative estimate of drug-likeness (QED) is 0.196. The molecule has 0 saturated carbocycles. The molecule has 1 amide bonds. The third-order valence-corrected chi connectivity index (χ3v) is 6.64. The Morgan fingerprint density at radius 2 is 1.56 bits per heavy atom. The smallest absolute Gasteiger partial charge is 0.290 e. The van der Waals surface area contributed by atoms with E-state index in [0.29, 0.717) is 5.56 Å². The molecule has 2 heterocycles. The van der Waals surface area contributed by atoms with Crippen molar-refractivity contribution in [1.82, 2.24) is 15.0 Å². The van der Waals surface area contributed by atoms with Crippen molar-refractivity contribution in [3.05, 3.63) is 101 Å². The van der Waals surface area contributed by atoms with Crippen LogP contribution in [-0.4, -0.2) is 32.4 Å². The van der Waals surface area contributed by atoms with Crippen molar-refractivity contribution in [3.63, 3.8) is 0 Å². The highest BCUT2D eigenvalue weighted by atomic mass is 16.3. The fraction of sp³-hybridized carbons (Fsp3) is 0.235. The van der Waals surface area contributed by atoms with Crippen molar-refractivity contribution in [1.29, 1.82) is 0 Å². The molecule has 0 bridgehead atoms. The summed E-state index contributed by atoms with van der Waals surface area (Å²) in [6, 6.07) is 24.2. The maximum absolute atomic E-state index is 13.0. The van der Waals surface area contributed by atoms with E-state index in [9.17, 15) is 4.79 Å². The summed E-state index contributed by atoms with van der Waals surface area (Å²) in [5, 5.41) is 10.9. The van der Waals surface area contributed by atoms with E-state index < -0.39 is 0 Å². The van der Waals surface area contributed by atoms with Crippen molar-refractivity contribution in [2.75, 3.05) is 5.32 Å². The minimum Gasteiger partial charge on any atom is -0.483 e. The average Bonchev–Trinajstić information content (AvgIpc) is 3.40. The zero-order chi connectivity index (χ0) is 30.2. The Morgan fingerprint density at radius 3 is 2.17 bits per heavy atom. The fourth-order valence-corrected chi connectivity index (χ4v) is 4.39. The summed E-state index contributed by atoms with van der Waals surface area (Å²) in [7, 11) is 0. The molecular weight excluding hydrogens is 512 g/mol. The SMILES string of the molecule is CC.Cc1ccc(-c2cc3c(-c4cccc(NC(=O)c5ccc(C(C)(C)C)cc5)c4C)ncnc3[nH]2)cc1.O=CO. The first kappa shape index (κ1) is 30.8. The molecule has 7 heteroatoms. The summed E-state index contributed by atoms with van der Waals surface area (Å²) in [4.78, 5) is 33.9. The van der Waals surface area contributed by atoms with Crippen molar-refractivity contribution < 1.29 is 14.7 Å². The number of rotatable bonds is 4. The van der Waals surface area contributed by atoms with Crippen LogP contribution in [0.15, 0.2) is 79.1 Å². The van der Waals surface area contributed by atoms with Crippen molar-refractivity contribution in [2.24, 2.45) is 0 Å².